The zero-order valence-electron chi connectivity index (χ0n) is 13.0. The van der Waals surface area contributed by atoms with Crippen LogP contribution in [-0.2, 0) is 10.8 Å². The van der Waals surface area contributed by atoms with Gasteiger partial charge in [0.2, 0.25) is 0 Å². The number of hydrogen-bond donors (Lipinski definition) is 1. The molecule has 1 aromatic carbocycles. The van der Waals surface area contributed by atoms with Gasteiger partial charge in [0.25, 0.3) is 0 Å². The van der Waals surface area contributed by atoms with Crippen molar-refractivity contribution in [3.05, 3.63) is 28.8 Å². The van der Waals surface area contributed by atoms with E-state index in [0.29, 0.717) is 0 Å². The predicted molar refractivity (Wildman–Crippen MR) is 81.0 cm³/mol. The van der Waals surface area contributed by atoms with Gasteiger partial charge in [-0.05, 0) is 36.3 Å². The van der Waals surface area contributed by atoms with Crippen LogP contribution < -0.4 is 10.5 Å². The molecule has 1 aromatic rings. The van der Waals surface area contributed by atoms with Crippen LogP contribution in [-0.4, -0.2) is 13.7 Å². The maximum atomic E-state index is 6.10. The van der Waals surface area contributed by atoms with E-state index >= 15 is 0 Å². The molecule has 2 N–H and O–H groups in total. The first kappa shape index (κ1) is 14.4. The Bertz CT molecular complexity index is 461. The Hall–Kier alpha value is -1.02. The van der Waals surface area contributed by atoms with Gasteiger partial charge in [-0.3, -0.25) is 0 Å². The Morgan fingerprint density at radius 1 is 1.26 bits per heavy atom. The van der Waals surface area contributed by atoms with E-state index in [1.165, 1.54) is 36.0 Å². The normalized spacial score (nSPS) is 18.0. The minimum Gasteiger partial charge on any atom is -0.496 e. The summed E-state index contributed by atoms with van der Waals surface area (Å²) >= 11 is 0. The van der Waals surface area contributed by atoms with Crippen molar-refractivity contribution in [1.82, 2.24) is 0 Å². The second-order valence-corrected chi connectivity index (χ2v) is 6.93. The molecule has 2 rings (SSSR count). The van der Waals surface area contributed by atoms with E-state index in [-0.39, 0.29) is 10.8 Å². The van der Waals surface area contributed by atoms with Crippen LogP contribution >= 0.6 is 0 Å². The summed E-state index contributed by atoms with van der Waals surface area (Å²) in [5.74, 6) is 1.07. The number of rotatable bonds is 3. The summed E-state index contributed by atoms with van der Waals surface area (Å²) in [6.07, 6.45) is 3.65. The van der Waals surface area contributed by atoms with E-state index in [2.05, 4.69) is 39.8 Å². The highest BCUT2D eigenvalue weighted by Crippen LogP contribution is 2.50. The second kappa shape index (κ2) is 4.82. The largest absolute Gasteiger partial charge is 0.496 e. The quantitative estimate of drug-likeness (QED) is 0.900. The molecule has 0 aliphatic heterocycles. The first-order valence-corrected chi connectivity index (χ1v) is 7.24. The maximum Gasteiger partial charge on any atom is 0.126 e. The highest BCUT2D eigenvalue weighted by Gasteiger charge is 2.41. The van der Waals surface area contributed by atoms with Crippen LogP contribution in [0.5, 0.6) is 5.75 Å². The molecule has 0 atom stereocenters. The average Bonchev–Trinajstić information content (AvgIpc) is 2.28. The van der Waals surface area contributed by atoms with E-state index in [0.717, 1.165) is 12.3 Å². The van der Waals surface area contributed by atoms with Crippen molar-refractivity contribution in [2.75, 3.05) is 13.7 Å². The summed E-state index contributed by atoms with van der Waals surface area (Å²) in [5.41, 5.74) is 10.3. The van der Waals surface area contributed by atoms with E-state index in [4.69, 9.17) is 10.5 Å². The van der Waals surface area contributed by atoms with Gasteiger partial charge in [-0.2, -0.15) is 0 Å². The van der Waals surface area contributed by atoms with Crippen LogP contribution in [0.2, 0.25) is 0 Å². The molecule has 2 heteroatoms. The van der Waals surface area contributed by atoms with E-state index in [9.17, 15) is 0 Å². The van der Waals surface area contributed by atoms with Crippen molar-refractivity contribution in [3.63, 3.8) is 0 Å². The second-order valence-electron chi connectivity index (χ2n) is 6.93. The standard InChI is InChI=1S/C17H27NO/c1-12-7-8-13(16(2,3)4)15(19-5)14(12)17(11-18)9-6-10-17/h7-8H,6,9-11,18H2,1-5H3. The molecule has 0 aromatic heterocycles. The third-order valence-corrected chi connectivity index (χ3v) is 4.61. The van der Waals surface area contributed by atoms with Gasteiger partial charge in [-0.1, -0.05) is 39.3 Å². The molecule has 1 fully saturated rings. The number of hydrogen-bond acceptors (Lipinski definition) is 2. The molecule has 1 saturated carbocycles. The molecule has 2 nitrogen and oxygen atoms in total. The molecule has 0 heterocycles. The van der Waals surface area contributed by atoms with E-state index in [1.54, 1.807) is 7.11 Å². The molecule has 0 radical (unpaired) electrons. The lowest BCUT2D eigenvalue weighted by molar-refractivity contribution is 0.241. The number of benzene rings is 1. The first-order chi connectivity index (χ1) is 8.85. The molecule has 1 aliphatic rings. The molecule has 0 saturated heterocycles. The van der Waals surface area contributed by atoms with Crippen LogP contribution in [0.25, 0.3) is 0 Å². The Kier molecular flexibility index (Phi) is 3.65. The van der Waals surface area contributed by atoms with E-state index in [1.807, 2.05) is 0 Å². The molecule has 0 amide bonds. The molecule has 0 spiro atoms. The van der Waals surface area contributed by atoms with Crippen molar-refractivity contribution in [2.45, 2.75) is 57.8 Å². The monoisotopic (exact) mass is 261 g/mol. The van der Waals surface area contributed by atoms with Crippen LogP contribution in [0.1, 0.15) is 56.7 Å². The van der Waals surface area contributed by atoms with Gasteiger partial charge in [-0.15, -0.1) is 0 Å². The van der Waals surface area contributed by atoms with Crippen LogP contribution in [0.3, 0.4) is 0 Å². The minimum absolute atomic E-state index is 0.0906. The summed E-state index contributed by atoms with van der Waals surface area (Å²) in [6.45, 7) is 9.61. The van der Waals surface area contributed by atoms with Gasteiger partial charge in [-0.25, -0.2) is 0 Å². The average molecular weight is 261 g/mol. The molecule has 19 heavy (non-hydrogen) atoms. The summed E-state index contributed by atoms with van der Waals surface area (Å²) in [4.78, 5) is 0. The lowest BCUT2D eigenvalue weighted by Gasteiger charge is -2.44. The molecular formula is C17H27NO. The van der Waals surface area contributed by atoms with Crippen molar-refractivity contribution < 1.29 is 4.74 Å². The zero-order chi connectivity index (χ0) is 14.3. The lowest BCUT2D eigenvalue weighted by atomic mass is 9.62. The molecule has 1 aliphatic carbocycles. The molecule has 106 valence electrons. The fourth-order valence-corrected chi connectivity index (χ4v) is 3.30. The van der Waals surface area contributed by atoms with Gasteiger partial charge in [0, 0.05) is 17.5 Å². The van der Waals surface area contributed by atoms with Crippen molar-refractivity contribution in [2.24, 2.45) is 5.73 Å². The number of nitrogens with two attached hydrogens (primary N) is 1. The minimum atomic E-state index is 0.0906. The summed E-state index contributed by atoms with van der Waals surface area (Å²) in [6, 6.07) is 4.44. The van der Waals surface area contributed by atoms with Crippen LogP contribution in [0, 0.1) is 6.92 Å². The third kappa shape index (κ3) is 2.27. The number of methoxy groups -OCH3 is 1. The van der Waals surface area contributed by atoms with Crippen molar-refractivity contribution in [3.8, 4) is 5.75 Å². The summed E-state index contributed by atoms with van der Waals surface area (Å²) in [7, 11) is 1.79. The lowest BCUT2D eigenvalue weighted by Crippen LogP contribution is -2.42. The van der Waals surface area contributed by atoms with Gasteiger partial charge in [0.15, 0.2) is 0 Å². The first-order valence-electron chi connectivity index (χ1n) is 7.24. The summed E-state index contributed by atoms with van der Waals surface area (Å²) < 4.78 is 5.81. The Balaban J connectivity index is 2.65. The number of aryl methyl sites for hydroxylation is 1. The van der Waals surface area contributed by atoms with Gasteiger partial charge < -0.3 is 10.5 Å². The Morgan fingerprint density at radius 3 is 2.26 bits per heavy atom. The molecule has 0 unspecified atom stereocenters. The molecule has 0 bridgehead atoms. The van der Waals surface area contributed by atoms with Gasteiger partial charge >= 0.3 is 0 Å². The smallest absolute Gasteiger partial charge is 0.126 e. The van der Waals surface area contributed by atoms with Crippen molar-refractivity contribution in [1.29, 1.82) is 0 Å². The predicted octanol–water partition coefficient (Wildman–Crippen LogP) is 3.68. The SMILES string of the molecule is COc1c(C(C)(C)C)ccc(C)c1C1(CN)CCC1. The van der Waals surface area contributed by atoms with Crippen molar-refractivity contribution >= 4 is 0 Å². The zero-order valence-corrected chi connectivity index (χ0v) is 13.0. The maximum absolute atomic E-state index is 6.10. The topological polar surface area (TPSA) is 35.2 Å². The third-order valence-electron chi connectivity index (χ3n) is 4.61. The van der Waals surface area contributed by atoms with Crippen LogP contribution in [0.4, 0.5) is 0 Å². The fourth-order valence-electron chi connectivity index (χ4n) is 3.30. The Morgan fingerprint density at radius 2 is 1.89 bits per heavy atom. The van der Waals surface area contributed by atoms with Crippen LogP contribution in [0.15, 0.2) is 12.1 Å². The fraction of sp³-hybridized carbons (Fsp3) is 0.647. The van der Waals surface area contributed by atoms with E-state index < -0.39 is 0 Å². The summed E-state index contributed by atoms with van der Waals surface area (Å²) in [5, 5.41) is 0. The highest BCUT2D eigenvalue weighted by molar-refractivity contribution is 5.53. The Labute approximate surface area is 117 Å². The highest BCUT2D eigenvalue weighted by atomic mass is 16.5. The van der Waals surface area contributed by atoms with Gasteiger partial charge in [0.1, 0.15) is 5.75 Å². The molecular weight excluding hydrogens is 234 g/mol. The number of ether oxygens (including phenoxy) is 1. The van der Waals surface area contributed by atoms with Gasteiger partial charge in [0.05, 0.1) is 7.11 Å².